The van der Waals surface area contributed by atoms with Crippen molar-refractivity contribution in [2.45, 2.75) is 19.3 Å². The van der Waals surface area contributed by atoms with Crippen LogP contribution in [-0.2, 0) is 0 Å². The number of nitrogens with two attached hydrogens (primary N) is 1. The van der Waals surface area contributed by atoms with Crippen LogP contribution < -0.4 is 15.8 Å². The fraction of sp³-hybridized carbons (Fsp3) is 0.538. The molecule has 0 fully saturated rings. The van der Waals surface area contributed by atoms with E-state index in [2.05, 4.69) is 24.4 Å². The molecular formula is C13H22N2O. The van der Waals surface area contributed by atoms with E-state index in [9.17, 15) is 0 Å². The molecule has 3 nitrogen and oxygen atoms in total. The van der Waals surface area contributed by atoms with E-state index in [0.717, 1.165) is 31.8 Å². The van der Waals surface area contributed by atoms with E-state index in [-0.39, 0.29) is 0 Å². The summed E-state index contributed by atoms with van der Waals surface area (Å²) in [4.78, 5) is 0. The van der Waals surface area contributed by atoms with E-state index >= 15 is 0 Å². The average Bonchev–Trinajstić information content (AvgIpc) is 2.34. The van der Waals surface area contributed by atoms with Gasteiger partial charge in [-0.3, -0.25) is 0 Å². The Kier molecular flexibility index (Phi) is 5.90. The molecule has 0 aliphatic carbocycles. The van der Waals surface area contributed by atoms with Crippen LogP contribution in [0.25, 0.3) is 0 Å². The topological polar surface area (TPSA) is 47.3 Å². The maximum Gasteiger partial charge on any atom is 0.119 e. The minimum Gasteiger partial charge on any atom is -0.497 e. The number of hydrogen-bond acceptors (Lipinski definition) is 3. The normalized spacial score (nSPS) is 12.4. The summed E-state index contributed by atoms with van der Waals surface area (Å²) in [5, 5.41) is 3.40. The molecule has 0 saturated carbocycles. The Hall–Kier alpha value is -1.06. The van der Waals surface area contributed by atoms with Crippen LogP contribution in [0.15, 0.2) is 24.3 Å². The van der Waals surface area contributed by atoms with Gasteiger partial charge in [0.1, 0.15) is 5.75 Å². The highest BCUT2D eigenvalue weighted by Crippen LogP contribution is 2.19. The number of rotatable bonds is 7. The molecular weight excluding hydrogens is 200 g/mol. The SMILES string of the molecule is COc1cccc(C(C)CNCCCN)c1. The number of ether oxygens (including phenoxy) is 1. The van der Waals surface area contributed by atoms with Crippen molar-refractivity contribution in [3.63, 3.8) is 0 Å². The maximum atomic E-state index is 5.44. The quantitative estimate of drug-likeness (QED) is 0.691. The van der Waals surface area contributed by atoms with Gasteiger partial charge in [0.25, 0.3) is 0 Å². The molecule has 0 amide bonds. The fourth-order valence-electron chi connectivity index (χ4n) is 1.61. The summed E-state index contributed by atoms with van der Waals surface area (Å²) < 4.78 is 5.21. The molecule has 0 aromatic heterocycles. The molecule has 0 aliphatic rings. The zero-order chi connectivity index (χ0) is 11.8. The third-order valence-corrected chi connectivity index (χ3v) is 2.67. The standard InChI is InChI=1S/C13H22N2O/c1-11(10-15-8-4-7-14)12-5-3-6-13(9-12)16-2/h3,5-6,9,11,15H,4,7-8,10,14H2,1-2H3. The first-order chi connectivity index (χ1) is 7.77. The van der Waals surface area contributed by atoms with E-state index in [1.807, 2.05) is 12.1 Å². The van der Waals surface area contributed by atoms with Crippen LogP contribution in [0.3, 0.4) is 0 Å². The smallest absolute Gasteiger partial charge is 0.119 e. The lowest BCUT2D eigenvalue weighted by Gasteiger charge is -2.13. The highest BCUT2D eigenvalue weighted by Gasteiger charge is 2.05. The van der Waals surface area contributed by atoms with Gasteiger partial charge in [0.15, 0.2) is 0 Å². The summed E-state index contributed by atoms with van der Waals surface area (Å²) in [6, 6.07) is 8.23. The van der Waals surface area contributed by atoms with Gasteiger partial charge >= 0.3 is 0 Å². The molecule has 1 aromatic carbocycles. The van der Waals surface area contributed by atoms with Crippen molar-refractivity contribution in [2.75, 3.05) is 26.7 Å². The van der Waals surface area contributed by atoms with Crippen LogP contribution in [0, 0.1) is 0 Å². The van der Waals surface area contributed by atoms with Crippen molar-refractivity contribution in [2.24, 2.45) is 5.73 Å². The van der Waals surface area contributed by atoms with Crippen molar-refractivity contribution in [1.29, 1.82) is 0 Å². The van der Waals surface area contributed by atoms with E-state index in [4.69, 9.17) is 10.5 Å². The van der Waals surface area contributed by atoms with E-state index in [1.165, 1.54) is 5.56 Å². The predicted octanol–water partition coefficient (Wildman–Crippen LogP) is 1.74. The molecule has 3 N–H and O–H groups in total. The third kappa shape index (κ3) is 4.21. The van der Waals surface area contributed by atoms with Crippen LogP contribution in [-0.4, -0.2) is 26.7 Å². The fourth-order valence-corrected chi connectivity index (χ4v) is 1.61. The monoisotopic (exact) mass is 222 g/mol. The molecule has 1 rings (SSSR count). The van der Waals surface area contributed by atoms with E-state index in [1.54, 1.807) is 7.11 Å². The Morgan fingerprint density at radius 1 is 1.44 bits per heavy atom. The Morgan fingerprint density at radius 3 is 2.94 bits per heavy atom. The van der Waals surface area contributed by atoms with Crippen molar-refractivity contribution >= 4 is 0 Å². The number of benzene rings is 1. The van der Waals surface area contributed by atoms with Crippen molar-refractivity contribution in [3.05, 3.63) is 29.8 Å². The van der Waals surface area contributed by atoms with Gasteiger partial charge in [-0.1, -0.05) is 19.1 Å². The highest BCUT2D eigenvalue weighted by atomic mass is 16.5. The predicted molar refractivity (Wildman–Crippen MR) is 68.0 cm³/mol. The zero-order valence-corrected chi connectivity index (χ0v) is 10.2. The Labute approximate surface area is 98.0 Å². The molecule has 16 heavy (non-hydrogen) atoms. The summed E-state index contributed by atoms with van der Waals surface area (Å²) in [5.41, 5.74) is 6.74. The van der Waals surface area contributed by atoms with Crippen LogP contribution in [0.2, 0.25) is 0 Å². The third-order valence-electron chi connectivity index (χ3n) is 2.67. The molecule has 0 spiro atoms. The van der Waals surface area contributed by atoms with Gasteiger partial charge in [0.05, 0.1) is 7.11 Å². The van der Waals surface area contributed by atoms with Crippen molar-refractivity contribution < 1.29 is 4.74 Å². The van der Waals surface area contributed by atoms with Gasteiger partial charge in [-0.05, 0) is 43.1 Å². The molecule has 0 bridgehead atoms. The minimum atomic E-state index is 0.493. The molecule has 0 heterocycles. The first-order valence-corrected chi connectivity index (χ1v) is 5.82. The summed E-state index contributed by atoms with van der Waals surface area (Å²) >= 11 is 0. The lowest BCUT2D eigenvalue weighted by Crippen LogP contribution is -2.23. The first-order valence-electron chi connectivity index (χ1n) is 5.82. The molecule has 0 saturated heterocycles. The Bertz CT molecular complexity index is 302. The molecule has 0 radical (unpaired) electrons. The highest BCUT2D eigenvalue weighted by molar-refractivity contribution is 5.30. The molecule has 1 aromatic rings. The van der Waals surface area contributed by atoms with E-state index in [0.29, 0.717) is 5.92 Å². The number of nitrogens with one attached hydrogen (secondary N) is 1. The second kappa shape index (κ2) is 7.25. The Balaban J connectivity index is 2.42. The summed E-state index contributed by atoms with van der Waals surface area (Å²) in [7, 11) is 1.70. The summed E-state index contributed by atoms with van der Waals surface area (Å²) in [5.74, 6) is 1.42. The lowest BCUT2D eigenvalue weighted by molar-refractivity contribution is 0.413. The number of hydrogen-bond donors (Lipinski definition) is 2. The maximum absolute atomic E-state index is 5.44. The molecule has 90 valence electrons. The van der Waals surface area contributed by atoms with Gasteiger partial charge in [0, 0.05) is 6.54 Å². The van der Waals surface area contributed by atoms with Crippen molar-refractivity contribution in [1.82, 2.24) is 5.32 Å². The molecule has 0 aliphatic heterocycles. The van der Waals surface area contributed by atoms with Crippen LogP contribution >= 0.6 is 0 Å². The first kappa shape index (κ1) is 13.0. The van der Waals surface area contributed by atoms with Gasteiger partial charge in [-0.2, -0.15) is 0 Å². The largest absolute Gasteiger partial charge is 0.497 e. The van der Waals surface area contributed by atoms with Crippen LogP contribution in [0.4, 0.5) is 0 Å². The molecule has 3 heteroatoms. The molecule has 1 unspecified atom stereocenters. The summed E-state index contributed by atoms with van der Waals surface area (Å²) in [6.45, 7) is 4.93. The van der Waals surface area contributed by atoms with Gasteiger partial charge in [0.2, 0.25) is 0 Å². The average molecular weight is 222 g/mol. The van der Waals surface area contributed by atoms with Gasteiger partial charge in [-0.25, -0.2) is 0 Å². The lowest BCUT2D eigenvalue weighted by atomic mass is 10.0. The van der Waals surface area contributed by atoms with Gasteiger partial charge in [-0.15, -0.1) is 0 Å². The van der Waals surface area contributed by atoms with Crippen molar-refractivity contribution in [3.8, 4) is 5.75 Å². The second-order valence-corrected chi connectivity index (χ2v) is 4.02. The number of methoxy groups -OCH3 is 1. The Morgan fingerprint density at radius 2 is 2.25 bits per heavy atom. The summed E-state index contributed by atoms with van der Waals surface area (Å²) in [6.07, 6.45) is 1.03. The van der Waals surface area contributed by atoms with Crippen LogP contribution in [0.5, 0.6) is 5.75 Å². The second-order valence-electron chi connectivity index (χ2n) is 4.02. The van der Waals surface area contributed by atoms with E-state index < -0.39 is 0 Å². The zero-order valence-electron chi connectivity index (χ0n) is 10.2. The molecule has 1 atom stereocenters. The van der Waals surface area contributed by atoms with Gasteiger partial charge < -0.3 is 15.8 Å². The minimum absolute atomic E-state index is 0.493. The van der Waals surface area contributed by atoms with Crippen LogP contribution in [0.1, 0.15) is 24.8 Å².